The van der Waals surface area contributed by atoms with Crippen molar-refractivity contribution < 1.29 is 8.83 Å². The fourth-order valence-corrected chi connectivity index (χ4v) is 7.99. The maximum Gasteiger partial charge on any atom is 0.160 e. The lowest BCUT2D eigenvalue weighted by Gasteiger charge is -2.14. The van der Waals surface area contributed by atoms with Gasteiger partial charge >= 0.3 is 0 Å². The van der Waals surface area contributed by atoms with Crippen LogP contribution >= 0.6 is 0 Å². The van der Waals surface area contributed by atoms with Gasteiger partial charge in [0.05, 0.1) is 16.7 Å². The summed E-state index contributed by atoms with van der Waals surface area (Å²) in [4.78, 5) is 0. The summed E-state index contributed by atoms with van der Waals surface area (Å²) >= 11 is 0. The molecule has 0 bridgehead atoms. The lowest BCUT2D eigenvalue weighted by atomic mass is 9.89. The number of hydrogen-bond acceptors (Lipinski definition) is 2. The number of aromatic nitrogens is 1. The standard InChI is InChI=1S/C42H23NO2/c1-3-15-27-24(12-1)25-13-2-4-16-28(25)37-36(27)38-30-17-5-8-20-32(30)43(40(38)42-39(37)31-18-7-10-23-35(31)45-42)33-21-11-19-29-26-14-6-9-22-34(26)44-41(29)33/h1-23H. The summed E-state index contributed by atoms with van der Waals surface area (Å²) in [5.74, 6) is 0. The van der Waals surface area contributed by atoms with Gasteiger partial charge in [-0.2, -0.15) is 0 Å². The normalized spacial score (nSPS) is 12.4. The van der Waals surface area contributed by atoms with Crippen LogP contribution in [0.5, 0.6) is 0 Å². The van der Waals surface area contributed by atoms with Gasteiger partial charge in [0, 0.05) is 43.1 Å². The van der Waals surface area contributed by atoms with Crippen molar-refractivity contribution in [3.63, 3.8) is 0 Å². The molecule has 0 saturated carbocycles. The van der Waals surface area contributed by atoms with Crippen LogP contribution in [0.4, 0.5) is 0 Å². The molecule has 3 heterocycles. The summed E-state index contributed by atoms with van der Waals surface area (Å²) in [5, 5.41) is 14.4. The fraction of sp³-hybridized carbons (Fsp3) is 0. The summed E-state index contributed by atoms with van der Waals surface area (Å²) in [7, 11) is 0. The first-order chi connectivity index (χ1) is 22.4. The van der Waals surface area contributed by atoms with Gasteiger partial charge in [-0.3, -0.25) is 0 Å². The molecule has 0 atom stereocenters. The molecule has 8 aromatic carbocycles. The molecule has 0 aliphatic heterocycles. The van der Waals surface area contributed by atoms with E-state index in [2.05, 4.69) is 132 Å². The smallest absolute Gasteiger partial charge is 0.160 e. The van der Waals surface area contributed by atoms with Crippen LogP contribution in [0, 0.1) is 0 Å². The highest BCUT2D eigenvalue weighted by molar-refractivity contribution is 6.44. The van der Waals surface area contributed by atoms with E-state index in [9.17, 15) is 0 Å². The Morgan fingerprint density at radius 3 is 1.58 bits per heavy atom. The number of benzene rings is 8. The highest BCUT2D eigenvalue weighted by Gasteiger charge is 2.26. The van der Waals surface area contributed by atoms with Gasteiger partial charge in [0.2, 0.25) is 0 Å². The molecule has 11 rings (SSSR count). The van der Waals surface area contributed by atoms with Crippen molar-refractivity contribution in [1.82, 2.24) is 4.57 Å². The zero-order chi connectivity index (χ0) is 29.2. The Kier molecular flexibility index (Phi) is 4.32. The van der Waals surface area contributed by atoms with Gasteiger partial charge < -0.3 is 13.4 Å². The van der Waals surface area contributed by atoms with Crippen LogP contribution in [0.2, 0.25) is 0 Å². The molecule has 0 aliphatic rings. The summed E-state index contributed by atoms with van der Waals surface area (Å²) in [6, 6.07) is 49.6. The van der Waals surface area contributed by atoms with Crippen LogP contribution in [-0.4, -0.2) is 4.57 Å². The molecular formula is C42H23NO2. The molecule has 0 radical (unpaired) electrons. The van der Waals surface area contributed by atoms with Crippen LogP contribution in [-0.2, 0) is 0 Å². The maximum atomic E-state index is 6.95. The van der Waals surface area contributed by atoms with Crippen molar-refractivity contribution in [3.05, 3.63) is 140 Å². The van der Waals surface area contributed by atoms with Gasteiger partial charge in [0.15, 0.2) is 11.2 Å². The minimum absolute atomic E-state index is 0.870. The van der Waals surface area contributed by atoms with Crippen LogP contribution in [0.15, 0.2) is 148 Å². The van der Waals surface area contributed by atoms with E-state index in [4.69, 9.17) is 8.83 Å². The van der Waals surface area contributed by atoms with E-state index in [0.29, 0.717) is 0 Å². The molecule has 0 N–H and O–H groups in total. The topological polar surface area (TPSA) is 31.2 Å². The number of nitrogens with zero attached hydrogens (tertiary/aromatic N) is 1. The van der Waals surface area contributed by atoms with E-state index in [-0.39, 0.29) is 0 Å². The summed E-state index contributed by atoms with van der Waals surface area (Å²) in [5.41, 5.74) is 6.71. The average Bonchev–Trinajstić information content (AvgIpc) is 3.78. The van der Waals surface area contributed by atoms with Crippen molar-refractivity contribution in [2.24, 2.45) is 0 Å². The van der Waals surface area contributed by atoms with Crippen molar-refractivity contribution in [2.75, 3.05) is 0 Å². The molecule has 3 aromatic heterocycles. The van der Waals surface area contributed by atoms with Gasteiger partial charge in [0.25, 0.3) is 0 Å². The van der Waals surface area contributed by atoms with E-state index in [1.807, 2.05) is 12.1 Å². The van der Waals surface area contributed by atoms with E-state index in [1.54, 1.807) is 0 Å². The number of furan rings is 2. The van der Waals surface area contributed by atoms with Crippen molar-refractivity contribution >= 4 is 98.0 Å². The summed E-state index contributed by atoms with van der Waals surface area (Å²) in [6.45, 7) is 0. The molecule has 0 aliphatic carbocycles. The van der Waals surface area contributed by atoms with E-state index < -0.39 is 0 Å². The van der Waals surface area contributed by atoms with Gasteiger partial charge in [0.1, 0.15) is 11.2 Å². The first-order valence-electron chi connectivity index (χ1n) is 15.4. The predicted octanol–water partition coefficient (Wildman–Crippen LogP) is 12.0. The Hall–Kier alpha value is -6.06. The zero-order valence-corrected chi connectivity index (χ0v) is 24.0. The number of fused-ring (bicyclic) bond motifs is 18. The minimum atomic E-state index is 0.870. The Morgan fingerprint density at radius 1 is 0.333 bits per heavy atom. The van der Waals surface area contributed by atoms with Crippen molar-refractivity contribution in [3.8, 4) is 5.69 Å². The van der Waals surface area contributed by atoms with Crippen LogP contribution in [0.3, 0.4) is 0 Å². The first-order valence-corrected chi connectivity index (χ1v) is 15.4. The molecule has 0 spiro atoms. The molecule has 0 unspecified atom stereocenters. The largest absolute Gasteiger partial charge is 0.454 e. The monoisotopic (exact) mass is 573 g/mol. The van der Waals surface area contributed by atoms with Gasteiger partial charge in [-0.05, 0) is 45.8 Å². The lowest BCUT2D eigenvalue weighted by Crippen LogP contribution is -1.95. The van der Waals surface area contributed by atoms with E-state index >= 15 is 0 Å². The molecule has 11 aromatic rings. The Morgan fingerprint density at radius 2 is 0.844 bits per heavy atom. The third kappa shape index (κ3) is 2.86. The van der Waals surface area contributed by atoms with Gasteiger partial charge in [-0.1, -0.05) is 115 Å². The molecular weight excluding hydrogens is 550 g/mol. The molecule has 3 heteroatoms. The molecule has 0 fully saturated rings. The van der Waals surface area contributed by atoms with Gasteiger partial charge in [-0.15, -0.1) is 0 Å². The summed E-state index contributed by atoms with van der Waals surface area (Å²) in [6.07, 6.45) is 0. The third-order valence-electron chi connectivity index (χ3n) is 9.74. The molecule has 3 nitrogen and oxygen atoms in total. The average molecular weight is 574 g/mol. The fourth-order valence-electron chi connectivity index (χ4n) is 7.99. The van der Waals surface area contributed by atoms with Crippen molar-refractivity contribution in [2.45, 2.75) is 0 Å². The minimum Gasteiger partial charge on any atom is -0.454 e. The SMILES string of the molecule is c1ccc2c(c1)oc1c(-n3c4ccccc4c4c5c6ccccc6c6ccccc6c5c5c6ccccc6oc5c43)cccc12. The van der Waals surface area contributed by atoms with Crippen LogP contribution in [0.25, 0.3) is 104 Å². The van der Waals surface area contributed by atoms with Gasteiger partial charge in [-0.25, -0.2) is 0 Å². The van der Waals surface area contributed by atoms with Crippen molar-refractivity contribution in [1.29, 1.82) is 0 Å². The third-order valence-corrected chi connectivity index (χ3v) is 9.74. The molecule has 208 valence electrons. The second-order valence-corrected chi connectivity index (χ2v) is 12.0. The zero-order valence-electron chi connectivity index (χ0n) is 24.0. The predicted molar refractivity (Wildman–Crippen MR) is 188 cm³/mol. The first kappa shape index (κ1) is 23.4. The lowest BCUT2D eigenvalue weighted by molar-refractivity contribution is 0.665. The van der Waals surface area contributed by atoms with E-state index in [0.717, 1.165) is 60.6 Å². The van der Waals surface area contributed by atoms with E-state index in [1.165, 1.54) is 43.1 Å². The molecule has 0 amide bonds. The van der Waals surface area contributed by atoms with Crippen LogP contribution < -0.4 is 0 Å². The quantitative estimate of drug-likeness (QED) is 0.183. The number of rotatable bonds is 1. The molecule has 0 saturated heterocycles. The highest BCUT2D eigenvalue weighted by Crippen LogP contribution is 2.50. The summed E-state index contributed by atoms with van der Waals surface area (Å²) < 4.78 is 16.0. The second-order valence-electron chi connectivity index (χ2n) is 12.0. The number of hydrogen-bond donors (Lipinski definition) is 0. The Labute approximate surface area is 256 Å². The highest BCUT2D eigenvalue weighted by atomic mass is 16.3. The Balaban J connectivity index is 1.51. The maximum absolute atomic E-state index is 6.95. The molecule has 45 heavy (non-hydrogen) atoms. The number of para-hydroxylation sites is 4. The Bertz CT molecular complexity index is 3040. The second kappa shape index (κ2) is 8.31. The van der Waals surface area contributed by atoms with Crippen LogP contribution in [0.1, 0.15) is 0 Å².